The van der Waals surface area contributed by atoms with Crippen molar-refractivity contribution in [1.82, 2.24) is 25.1 Å². The van der Waals surface area contributed by atoms with Gasteiger partial charge in [-0.3, -0.25) is 4.79 Å². The summed E-state index contributed by atoms with van der Waals surface area (Å²) in [6, 6.07) is -0.291. The Morgan fingerprint density at radius 3 is 2.68 bits per heavy atom. The maximum absolute atomic E-state index is 12.0. The SMILES string of the molecule is CCc1nccn1CCC(=O)N[C@@H](C)c1nnc(C(C)C)o1. The van der Waals surface area contributed by atoms with E-state index in [0.717, 1.165) is 12.2 Å². The molecule has 2 aromatic rings. The van der Waals surface area contributed by atoms with Gasteiger partial charge in [-0.25, -0.2) is 4.98 Å². The van der Waals surface area contributed by atoms with Crippen LogP contribution in [0.3, 0.4) is 0 Å². The van der Waals surface area contributed by atoms with Gasteiger partial charge in [-0.2, -0.15) is 0 Å². The monoisotopic (exact) mass is 305 g/mol. The Bertz CT molecular complexity index is 617. The second-order valence-electron chi connectivity index (χ2n) is 5.56. The maximum atomic E-state index is 12.0. The molecule has 7 heteroatoms. The fourth-order valence-corrected chi connectivity index (χ4v) is 2.11. The van der Waals surface area contributed by atoms with Gasteiger partial charge in [0, 0.05) is 37.7 Å². The summed E-state index contributed by atoms with van der Waals surface area (Å²) in [6.07, 6.45) is 4.89. The van der Waals surface area contributed by atoms with Gasteiger partial charge in [0.25, 0.3) is 0 Å². The Kier molecular flexibility index (Phi) is 5.30. The lowest BCUT2D eigenvalue weighted by Gasteiger charge is -2.11. The van der Waals surface area contributed by atoms with Crippen LogP contribution in [0.2, 0.25) is 0 Å². The molecule has 2 aromatic heterocycles. The Morgan fingerprint density at radius 2 is 2.05 bits per heavy atom. The third-order valence-corrected chi connectivity index (χ3v) is 3.40. The van der Waals surface area contributed by atoms with Crippen LogP contribution < -0.4 is 5.32 Å². The summed E-state index contributed by atoms with van der Waals surface area (Å²) in [5.41, 5.74) is 0. The Balaban J connectivity index is 1.85. The van der Waals surface area contributed by atoms with E-state index in [2.05, 4.69) is 20.5 Å². The standard InChI is InChI=1S/C15H23N5O2/c1-5-12-16-7-9-20(12)8-6-13(21)17-11(4)15-19-18-14(22-15)10(2)3/h7,9-11H,5-6,8H2,1-4H3,(H,17,21)/t11-/m0/s1. The molecule has 0 aliphatic rings. The molecule has 7 nitrogen and oxygen atoms in total. The van der Waals surface area contributed by atoms with Crippen LogP contribution in [0.25, 0.3) is 0 Å². The van der Waals surface area contributed by atoms with Crippen molar-refractivity contribution >= 4 is 5.91 Å². The van der Waals surface area contributed by atoms with Gasteiger partial charge < -0.3 is 14.3 Å². The minimum absolute atomic E-state index is 0.0486. The molecule has 0 unspecified atom stereocenters. The average molecular weight is 305 g/mol. The summed E-state index contributed by atoms with van der Waals surface area (Å²) >= 11 is 0. The van der Waals surface area contributed by atoms with Crippen LogP contribution >= 0.6 is 0 Å². The molecule has 2 rings (SSSR count). The third kappa shape index (κ3) is 3.93. The van der Waals surface area contributed by atoms with Crippen LogP contribution in [0.5, 0.6) is 0 Å². The third-order valence-electron chi connectivity index (χ3n) is 3.40. The summed E-state index contributed by atoms with van der Waals surface area (Å²) in [4.78, 5) is 16.3. The summed E-state index contributed by atoms with van der Waals surface area (Å²) in [5.74, 6) is 2.14. The fraction of sp³-hybridized carbons (Fsp3) is 0.600. The molecule has 0 saturated carbocycles. The molecule has 0 fully saturated rings. The largest absolute Gasteiger partial charge is 0.423 e. The number of amides is 1. The van der Waals surface area contributed by atoms with Gasteiger partial charge in [-0.1, -0.05) is 20.8 Å². The first-order valence-electron chi connectivity index (χ1n) is 7.64. The van der Waals surface area contributed by atoms with Crippen molar-refractivity contribution < 1.29 is 9.21 Å². The molecule has 2 heterocycles. The zero-order valence-electron chi connectivity index (χ0n) is 13.5. The number of nitrogens with zero attached hydrogens (tertiary/aromatic N) is 4. The van der Waals surface area contributed by atoms with E-state index in [1.165, 1.54) is 0 Å². The van der Waals surface area contributed by atoms with Crippen LogP contribution in [0.4, 0.5) is 0 Å². The normalized spacial score (nSPS) is 12.6. The van der Waals surface area contributed by atoms with E-state index in [4.69, 9.17) is 4.42 Å². The molecule has 0 saturated heterocycles. The number of aryl methyl sites for hydroxylation is 2. The first-order valence-corrected chi connectivity index (χ1v) is 7.64. The molecule has 1 atom stereocenters. The van der Waals surface area contributed by atoms with E-state index in [-0.39, 0.29) is 17.9 Å². The maximum Gasteiger partial charge on any atom is 0.238 e. The lowest BCUT2D eigenvalue weighted by atomic mass is 10.2. The quantitative estimate of drug-likeness (QED) is 0.847. The number of hydrogen-bond acceptors (Lipinski definition) is 5. The highest BCUT2D eigenvalue weighted by atomic mass is 16.4. The van der Waals surface area contributed by atoms with Gasteiger partial charge in [-0.15, -0.1) is 10.2 Å². The predicted octanol–water partition coefficient (Wildman–Crippen LogP) is 2.22. The number of imidazole rings is 1. The Morgan fingerprint density at radius 1 is 1.32 bits per heavy atom. The smallest absolute Gasteiger partial charge is 0.238 e. The minimum atomic E-state index is -0.291. The highest BCUT2D eigenvalue weighted by molar-refractivity contribution is 5.76. The van der Waals surface area contributed by atoms with Gasteiger partial charge in [0.15, 0.2) is 0 Å². The van der Waals surface area contributed by atoms with Crippen LogP contribution in [0.15, 0.2) is 16.8 Å². The number of nitrogens with one attached hydrogen (secondary N) is 1. The molecule has 1 N–H and O–H groups in total. The molecule has 0 spiro atoms. The zero-order valence-corrected chi connectivity index (χ0v) is 13.5. The molecule has 120 valence electrons. The van der Waals surface area contributed by atoms with Gasteiger partial charge in [0.1, 0.15) is 11.9 Å². The van der Waals surface area contributed by atoms with Crippen molar-refractivity contribution in [1.29, 1.82) is 0 Å². The molecule has 22 heavy (non-hydrogen) atoms. The van der Waals surface area contributed by atoms with E-state index in [1.54, 1.807) is 6.20 Å². The lowest BCUT2D eigenvalue weighted by molar-refractivity contribution is -0.122. The van der Waals surface area contributed by atoms with Crippen molar-refractivity contribution in [3.63, 3.8) is 0 Å². The van der Waals surface area contributed by atoms with Gasteiger partial charge in [-0.05, 0) is 6.92 Å². The number of hydrogen-bond donors (Lipinski definition) is 1. The van der Waals surface area contributed by atoms with E-state index < -0.39 is 0 Å². The number of aromatic nitrogens is 4. The van der Waals surface area contributed by atoms with E-state index in [0.29, 0.717) is 24.7 Å². The molecule has 0 aliphatic carbocycles. The minimum Gasteiger partial charge on any atom is -0.423 e. The van der Waals surface area contributed by atoms with Crippen LogP contribution in [-0.2, 0) is 17.8 Å². The Labute approximate surface area is 130 Å². The molecule has 0 radical (unpaired) electrons. The Hall–Kier alpha value is -2.18. The highest BCUT2D eigenvalue weighted by Crippen LogP contribution is 2.16. The first-order chi connectivity index (χ1) is 10.5. The summed E-state index contributed by atoms with van der Waals surface area (Å²) in [5, 5.41) is 10.8. The summed E-state index contributed by atoms with van der Waals surface area (Å²) in [7, 11) is 0. The van der Waals surface area contributed by atoms with Gasteiger partial charge >= 0.3 is 0 Å². The van der Waals surface area contributed by atoms with Crippen LogP contribution in [0, 0.1) is 0 Å². The van der Waals surface area contributed by atoms with Crippen LogP contribution in [-0.4, -0.2) is 25.7 Å². The van der Waals surface area contributed by atoms with Crippen molar-refractivity contribution in [3.05, 3.63) is 30.0 Å². The number of carbonyl (C=O) groups is 1. The second-order valence-corrected chi connectivity index (χ2v) is 5.56. The van der Waals surface area contributed by atoms with Crippen molar-refractivity contribution in [2.75, 3.05) is 0 Å². The van der Waals surface area contributed by atoms with E-state index in [9.17, 15) is 4.79 Å². The predicted molar refractivity (Wildman–Crippen MR) is 81.2 cm³/mol. The summed E-state index contributed by atoms with van der Waals surface area (Å²) in [6.45, 7) is 8.46. The highest BCUT2D eigenvalue weighted by Gasteiger charge is 2.17. The second kappa shape index (κ2) is 7.20. The average Bonchev–Trinajstić information content (AvgIpc) is 3.13. The fourth-order valence-electron chi connectivity index (χ4n) is 2.11. The molecule has 0 aliphatic heterocycles. The number of carbonyl (C=O) groups excluding carboxylic acids is 1. The van der Waals surface area contributed by atoms with Crippen molar-refractivity contribution in [2.24, 2.45) is 0 Å². The van der Waals surface area contributed by atoms with E-state index >= 15 is 0 Å². The molecule has 0 bridgehead atoms. The topological polar surface area (TPSA) is 85.8 Å². The first kappa shape index (κ1) is 16.2. The number of rotatable bonds is 7. The van der Waals surface area contributed by atoms with Gasteiger partial charge in [0.2, 0.25) is 17.7 Å². The molecular formula is C15H23N5O2. The van der Waals surface area contributed by atoms with E-state index in [1.807, 2.05) is 38.5 Å². The molecule has 0 aromatic carbocycles. The molecular weight excluding hydrogens is 282 g/mol. The zero-order chi connectivity index (χ0) is 16.1. The van der Waals surface area contributed by atoms with Crippen molar-refractivity contribution in [3.8, 4) is 0 Å². The van der Waals surface area contributed by atoms with Gasteiger partial charge in [0.05, 0.1) is 0 Å². The van der Waals surface area contributed by atoms with Crippen molar-refractivity contribution in [2.45, 2.75) is 59.0 Å². The summed E-state index contributed by atoms with van der Waals surface area (Å²) < 4.78 is 7.54. The molecule has 1 amide bonds. The lowest BCUT2D eigenvalue weighted by Crippen LogP contribution is -2.27. The van der Waals surface area contributed by atoms with Crippen LogP contribution in [0.1, 0.15) is 63.7 Å².